The lowest BCUT2D eigenvalue weighted by molar-refractivity contribution is -0.121. The van der Waals surface area contributed by atoms with Crippen LogP contribution in [0.15, 0.2) is 46.9 Å². The molecule has 1 aromatic heterocycles. The van der Waals surface area contributed by atoms with Crippen molar-refractivity contribution >= 4 is 28.9 Å². The number of hydrogen-bond donors (Lipinski definition) is 2. The molecule has 0 saturated carbocycles. The highest BCUT2D eigenvalue weighted by Crippen LogP contribution is 2.19. The second-order valence-electron chi connectivity index (χ2n) is 5.99. The second-order valence-corrected chi connectivity index (χ2v) is 6.94. The SMILES string of the molecule is CCCCCCCC(=O)N/N=C(\c1cccs1)c1ccccc1C(=O)O. The molecule has 1 heterocycles. The Bertz CT molecular complexity index is 754. The average Bonchev–Trinajstić information content (AvgIpc) is 3.16. The van der Waals surface area contributed by atoms with Crippen LogP contribution in [-0.2, 0) is 4.79 Å². The van der Waals surface area contributed by atoms with Crippen molar-refractivity contribution in [3.63, 3.8) is 0 Å². The zero-order valence-electron chi connectivity index (χ0n) is 14.9. The van der Waals surface area contributed by atoms with E-state index < -0.39 is 5.97 Å². The van der Waals surface area contributed by atoms with Crippen molar-refractivity contribution in [2.24, 2.45) is 5.10 Å². The Morgan fingerprint density at radius 3 is 2.42 bits per heavy atom. The fourth-order valence-corrected chi connectivity index (χ4v) is 3.33. The lowest BCUT2D eigenvalue weighted by Crippen LogP contribution is -2.21. The van der Waals surface area contributed by atoms with E-state index in [0.29, 0.717) is 17.7 Å². The Kier molecular flexibility index (Phi) is 8.02. The van der Waals surface area contributed by atoms with E-state index in [-0.39, 0.29) is 11.5 Å². The molecular weight excluding hydrogens is 348 g/mol. The number of nitrogens with one attached hydrogen (secondary N) is 1. The molecule has 0 aliphatic heterocycles. The molecule has 0 atom stereocenters. The molecule has 26 heavy (non-hydrogen) atoms. The van der Waals surface area contributed by atoms with Crippen molar-refractivity contribution in [3.05, 3.63) is 57.8 Å². The molecule has 1 amide bonds. The topological polar surface area (TPSA) is 78.8 Å². The first-order valence-corrected chi connectivity index (χ1v) is 9.74. The maximum absolute atomic E-state index is 12.1. The number of unbranched alkanes of at least 4 members (excludes halogenated alkanes) is 4. The number of carboxylic acids is 1. The molecule has 0 saturated heterocycles. The van der Waals surface area contributed by atoms with Crippen molar-refractivity contribution in [1.29, 1.82) is 0 Å². The van der Waals surface area contributed by atoms with E-state index in [1.54, 1.807) is 18.2 Å². The summed E-state index contributed by atoms with van der Waals surface area (Å²) in [5, 5.41) is 15.6. The van der Waals surface area contributed by atoms with E-state index in [1.165, 1.54) is 30.2 Å². The standard InChI is InChI=1S/C20H24N2O3S/c1-2-3-4-5-6-13-18(23)21-22-19(17-12-9-14-26-17)15-10-7-8-11-16(15)20(24)25/h7-12,14H,2-6,13H2,1H3,(H,21,23)(H,24,25)/b22-19-. The molecule has 0 bridgehead atoms. The van der Waals surface area contributed by atoms with Gasteiger partial charge in [0.15, 0.2) is 0 Å². The van der Waals surface area contributed by atoms with Crippen LogP contribution in [0.2, 0.25) is 0 Å². The molecule has 0 unspecified atom stereocenters. The minimum Gasteiger partial charge on any atom is -0.478 e. The normalized spacial score (nSPS) is 11.3. The van der Waals surface area contributed by atoms with E-state index in [1.807, 2.05) is 17.5 Å². The lowest BCUT2D eigenvalue weighted by Gasteiger charge is -2.09. The van der Waals surface area contributed by atoms with Gasteiger partial charge in [-0.25, -0.2) is 10.2 Å². The van der Waals surface area contributed by atoms with Crippen molar-refractivity contribution in [3.8, 4) is 0 Å². The van der Waals surface area contributed by atoms with E-state index >= 15 is 0 Å². The Labute approximate surface area is 157 Å². The minimum atomic E-state index is -1.02. The zero-order valence-corrected chi connectivity index (χ0v) is 15.7. The van der Waals surface area contributed by atoms with Crippen LogP contribution in [0.3, 0.4) is 0 Å². The number of benzene rings is 1. The first-order chi connectivity index (χ1) is 12.6. The van der Waals surface area contributed by atoms with Crippen LogP contribution in [-0.4, -0.2) is 22.7 Å². The Hall–Kier alpha value is -2.47. The largest absolute Gasteiger partial charge is 0.478 e. The number of nitrogens with zero attached hydrogens (tertiary/aromatic N) is 1. The summed E-state index contributed by atoms with van der Waals surface area (Å²) in [7, 11) is 0. The molecular formula is C20H24N2O3S. The van der Waals surface area contributed by atoms with Gasteiger partial charge in [-0.05, 0) is 23.9 Å². The predicted molar refractivity (Wildman–Crippen MR) is 105 cm³/mol. The summed E-state index contributed by atoms with van der Waals surface area (Å²) < 4.78 is 0. The fourth-order valence-electron chi connectivity index (χ4n) is 2.60. The molecule has 1 aromatic carbocycles. The quantitative estimate of drug-likeness (QED) is 0.361. The molecule has 2 aromatic rings. The highest BCUT2D eigenvalue weighted by atomic mass is 32.1. The number of carbonyl (C=O) groups excluding carboxylic acids is 1. The van der Waals surface area contributed by atoms with Crippen LogP contribution < -0.4 is 5.43 Å². The predicted octanol–water partition coefficient (Wildman–Crippen LogP) is 4.68. The molecule has 5 nitrogen and oxygen atoms in total. The van der Waals surface area contributed by atoms with Gasteiger partial charge in [0.2, 0.25) is 5.91 Å². The third-order valence-corrected chi connectivity index (χ3v) is 4.84. The van der Waals surface area contributed by atoms with Gasteiger partial charge in [-0.15, -0.1) is 11.3 Å². The lowest BCUT2D eigenvalue weighted by atomic mass is 10.0. The van der Waals surface area contributed by atoms with Gasteiger partial charge in [-0.3, -0.25) is 4.79 Å². The molecule has 2 N–H and O–H groups in total. The van der Waals surface area contributed by atoms with Gasteiger partial charge in [0.05, 0.1) is 10.4 Å². The number of carbonyl (C=O) groups is 2. The maximum Gasteiger partial charge on any atom is 0.336 e. The van der Waals surface area contributed by atoms with Crippen LogP contribution in [0.5, 0.6) is 0 Å². The summed E-state index contributed by atoms with van der Waals surface area (Å²) in [6.45, 7) is 2.16. The molecule has 0 aliphatic carbocycles. The van der Waals surface area contributed by atoms with Crippen molar-refractivity contribution in [2.45, 2.75) is 45.4 Å². The summed E-state index contributed by atoms with van der Waals surface area (Å²) in [5.41, 5.74) is 3.71. The van der Waals surface area contributed by atoms with Crippen LogP contribution >= 0.6 is 11.3 Å². The molecule has 0 fully saturated rings. The summed E-state index contributed by atoms with van der Waals surface area (Å²) in [6, 6.07) is 10.4. The highest BCUT2D eigenvalue weighted by molar-refractivity contribution is 7.12. The van der Waals surface area contributed by atoms with Gasteiger partial charge < -0.3 is 5.11 Å². The Balaban J connectivity index is 2.13. The molecule has 6 heteroatoms. The third-order valence-electron chi connectivity index (χ3n) is 3.97. The van der Waals surface area contributed by atoms with E-state index in [4.69, 9.17) is 0 Å². The smallest absolute Gasteiger partial charge is 0.336 e. The van der Waals surface area contributed by atoms with Crippen molar-refractivity contribution in [2.75, 3.05) is 0 Å². The first-order valence-electron chi connectivity index (χ1n) is 8.86. The van der Waals surface area contributed by atoms with E-state index in [2.05, 4.69) is 17.5 Å². The fraction of sp³-hybridized carbons (Fsp3) is 0.350. The summed E-state index contributed by atoms with van der Waals surface area (Å²) >= 11 is 1.45. The Morgan fingerprint density at radius 2 is 1.77 bits per heavy atom. The number of amides is 1. The first kappa shape index (κ1) is 19.8. The van der Waals surface area contributed by atoms with Gasteiger partial charge >= 0.3 is 5.97 Å². The number of hydrogen-bond acceptors (Lipinski definition) is 4. The van der Waals surface area contributed by atoms with E-state index in [0.717, 1.165) is 24.1 Å². The number of hydrazone groups is 1. The maximum atomic E-state index is 12.1. The third kappa shape index (κ3) is 5.81. The van der Waals surface area contributed by atoms with Crippen LogP contribution in [0.4, 0.5) is 0 Å². The van der Waals surface area contributed by atoms with Crippen LogP contribution in [0.1, 0.15) is 66.2 Å². The summed E-state index contributed by atoms with van der Waals surface area (Å²) in [4.78, 5) is 24.4. The molecule has 138 valence electrons. The van der Waals surface area contributed by atoms with Gasteiger partial charge in [-0.1, -0.05) is 56.9 Å². The molecule has 0 spiro atoms. The molecule has 0 aliphatic rings. The van der Waals surface area contributed by atoms with Gasteiger partial charge in [0.25, 0.3) is 0 Å². The van der Waals surface area contributed by atoms with E-state index in [9.17, 15) is 14.7 Å². The summed E-state index contributed by atoms with van der Waals surface area (Å²) in [6.07, 6.45) is 5.79. The molecule has 0 radical (unpaired) electrons. The van der Waals surface area contributed by atoms with Crippen molar-refractivity contribution < 1.29 is 14.7 Å². The molecule has 2 rings (SSSR count). The number of aromatic carboxylic acids is 1. The monoisotopic (exact) mass is 372 g/mol. The average molecular weight is 372 g/mol. The van der Waals surface area contributed by atoms with Crippen LogP contribution in [0.25, 0.3) is 0 Å². The zero-order chi connectivity index (χ0) is 18.8. The number of thiophene rings is 1. The van der Waals surface area contributed by atoms with Gasteiger partial charge in [0.1, 0.15) is 5.71 Å². The van der Waals surface area contributed by atoms with Crippen LogP contribution in [0, 0.1) is 0 Å². The minimum absolute atomic E-state index is 0.150. The van der Waals surface area contributed by atoms with Gasteiger partial charge in [0, 0.05) is 12.0 Å². The second kappa shape index (κ2) is 10.5. The Morgan fingerprint density at radius 1 is 1.04 bits per heavy atom. The number of carboxylic acid groups (broad SMARTS) is 1. The van der Waals surface area contributed by atoms with Crippen molar-refractivity contribution in [1.82, 2.24) is 5.43 Å². The highest BCUT2D eigenvalue weighted by Gasteiger charge is 2.17. The van der Waals surface area contributed by atoms with Gasteiger partial charge in [-0.2, -0.15) is 5.10 Å². The number of rotatable bonds is 10. The summed E-state index contributed by atoms with van der Waals surface area (Å²) in [5.74, 6) is -1.17.